The van der Waals surface area contributed by atoms with Crippen molar-refractivity contribution in [3.63, 3.8) is 0 Å². The van der Waals surface area contributed by atoms with Crippen LogP contribution < -0.4 is 10.5 Å². The summed E-state index contributed by atoms with van der Waals surface area (Å²) >= 11 is 0. The van der Waals surface area contributed by atoms with Crippen molar-refractivity contribution in [2.45, 2.75) is 18.9 Å². The number of pyridine rings is 1. The molecule has 1 atom stereocenters. The predicted octanol–water partition coefficient (Wildman–Crippen LogP) is 1.38. The van der Waals surface area contributed by atoms with Crippen LogP contribution in [-0.4, -0.2) is 22.1 Å². The first-order valence-corrected chi connectivity index (χ1v) is 5.44. The number of nitrogens with one attached hydrogen (secondary N) is 1. The topological polar surface area (TPSA) is 76.8 Å². The number of H-pyrrole nitrogens is 1. The van der Waals surface area contributed by atoms with Gasteiger partial charge in [0.1, 0.15) is 5.82 Å². The number of ether oxygens (including phenoxy) is 1. The van der Waals surface area contributed by atoms with Crippen LogP contribution in [0.4, 0.5) is 0 Å². The number of nitrogens with two attached hydrogens (primary N) is 1. The van der Waals surface area contributed by atoms with Gasteiger partial charge in [-0.3, -0.25) is 0 Å². The van der Waals surface area contributed by atoms with Crippen molar-refractivity contribution in [1.29, 1.82) is 0 Å². The van der Waals surface area contributed by atoms with Gasteiger partial charge in [0.2, 0.25) is 5.88 Å². The summed E-state index contributed by atoms with van der Waals surface area (Å²) in [7, 11) is 1.59. The maximum atomic E-state index is 6.08. The highest BCUT2D eigenvalue weighted by atomic mass is 16.5. The molecule has 1 aliphatic carbocycles. The van der Waals surface area contributed by atoms with Crippen LogP contribution in [0.25, 0.3) is 11.2 Å². The number of aromatic amines is 1. The molecule has 2 heterocycles. The quantitative estimate of drug-likeness (QED) is 0.815. The second-order valence-corrected chi connectivity index (χ2v) is 4.21. The van der Waals surface area contributed by atoms with Crippen molar-refractivity contribution in [3.8, 4) is 5.88 Å². The summed E-state index contributed by atoms with van der Waals surface area (Å²) < 4.78 is 5.06. The molecule has 84 valence electrons. The highest BCUT2D eigenvalue weighted by Gasteiger charge is 2.31. The number of rotatable bonds is 3. The molecular weight excluding hydrogens is 204 g/mol. The Labute approximate surface area is 93.0 Å². The van der Waals surface area contributed by atoms with E-state index in [2.05, 4.69) is 15.0 Å². The molecule has 0 aromatic carbocycles. The lowest BCUT2D eigenvalue weighted by Gasteiger charge is -2.04. The molecule has 0 aliphatic heterocycles. The lowest BCUT2D eigenvalue weighted by molar-refractivity contribution is 0.399. The van der Waals surface area contributed by atoms with Gasteiger partial charge in [0, 0.05) is 6.07 Å². The molecule has 1 fully saturated rings. The van der Waals surface area contributed by atoms with E-state index in [1.54, 1.807) is 7.11 Å². The van der Waals surface area contributed by atoms with E-state index < -0.39 is 0 Å². The maximum absolute atomic E-state index is 6.08. The Morgan fingerprint density at radius 2 is 2.25 bits per heavy atom. The maximum Gasteiger partial charge on any atom is 0.215 e. The minimum absolute atomic E-state index is 0.0141. The Morgan fingerprint density at radius 1 is 1.44 bits per heavy atom. The summed E-state index contributed by atoms with van der Waals surface area (Å²) in [5.41, 5.74) is 7.66. The average molecular weight is 218 g/mol. The molecule has 0 saturated heterocycles. The molecule has 0 spiro atoms. The number of hydrogen-bond acceptors (Lipinski definition) is 4. The van der Waals surface area contributed by atoms with Gasteiger partial charge in [-0.05, 0) is 24.8 Å². The molecule has 2 aromatic heterocycles. The van der Waals surface area contributed by atoms with Gasteiger partial charge >= 0.3 is 0 Å². The van der Waals surface area contributed by atoms with Crippen molar-refractivity contribution in [3.05, 3.63) is 18.0 Å². The van der Waals surface area contributed by atoms with Gasteiger partial charge in [-0.2, -0.15) is 4.98 Å². The van der Waals surface area contributed by atoms with Crippen molar-refractivity contribution in [2.24, 2.45) is 11.7 Å². The predicted molar refractivity (Wildman–Crippen MR) is 60.1 cm³/mol. The normalized spacial score (nSPS) is 17.6. The van der Waals surface area contributed by atoms with Crippen molar-refractivity contribution in [1.82, 2.24) is 15.0 Å². The summed E-state index contributed by atoms with van der Waals surface area (Å²) in [6.45, 7) is 0. The monoisotopic (exact) mass is 218 g/mol. The van der Waals surface area contributed by atoms with E-state index in [0.717, 1.165) is 11.3 Å². The summed E-state index contributed by atoms with van der Waals surface area (Å²) in [5, 5.41) is 0. The molecule has 1 saturated carbocycles. The fraction of sp³-hybridized carbons (Fsp3) is 0.455. The molecular formula is C11H14N4O. The van der Waals surface area contributed by atoms with E-state index in [9.17, 15) is 0 Å². The third kappa shape index (κ3) is 1.53. The van der Waals surface area contributed by atoms with Gasteiger partial charge < -0.3 is 15.5 Å². The summed E-state index contributed by atoms with van der Waals surface area (Å²) in [6, 6.07) is 3.74. The Hall–Kier alpha value is -1.62. The van der Waals surface area contributed by atoms with E-state index in [-0.39, 0.29) is 6.04 Å². The molecule has 3 N–H and O–H groups in total. The standard InChI is InChI=1S/C11H14N4O/c1-16-8-5-4-7-10(14-8)15-11(13-7)9(12)6-2-3-6/h4-6,9H,2-3,12H2,1H3,(H,13,14,15). The van der Waals surface area contributed by atoms with Crippen LogP contribution in [0.15, 0.2) is 12.1 Å². The second kappa shape index (κ2) is 3.45. The minimum atomic E-state index is 0.0141. The molecule has 0 radical (unpaired) electrons. The van der Waals surface area contributed by atoms with Gasteiger partial charge in [-0.1, -0.05) is 0 Å². The van der Waals surface area contributed by atoms with Gasteiger partial charge in [-0.15, -0.1) is 0 Å². The molecule has 1 aliphatic rings. The van der Waals surface area contributed by atoms with Crippen molar-refractivity contribution in [2.75, 3.05) is 7.11 Å². The average Bonchev–Trinajstić information content (AvgIpc) is 3.06. The Kier molecular flexibility index (Phi) is 2.07. The van der Waals surface area contributed by atoms with E-state index in [4.69, 9.17) is 10.5 Å². The first kappa shape index (κ1) is 9.59. The van der Waals surface area contributed by atoms with Gasteiger partial charge in [-0.25, -0.2) is 4.98 Å². The molecule has 3 rings (SSSR count). The zero-order valence-electron chi connectivity index (χ0n) is 9.10. The van der Waals surface area contributed by atoms with Crippen molar-refractivity contribution < 1.29 is 4.74 Å². The van der Waals surface area contributed by atoms with E-state index in [0.29, 0.717) is 17.4 Å². The molecule has 5 nitrogen and oxygen atoms in total. The SMILES string of the molecule is COc1ccc2[nH]c(C(N)C3CC3)nc2n1. The molecule has 0 amide bonds. The summed E-state index contributed by atoms with van der Waals surface area (Å²) in [4.78, 5) is 11.9. The number of methoxy groups -OCH3 is 1. The Morgan fingerprint density at radius 3 is 2.94 bits per heavy atom. The van der Waals surface area contributed by atoms with Gasteiger partial charge in [0.25, 0.3) is 0 Å². The minimum Gasteiger partial charge on any atom is -0.481 e. The van der Waals surface area contributed by atoms with Crippen LogP contribution in [-0.2, 0) is 0 Å². The Balaban J connectivity index is 2.01. The van der Waals surface area contributed by atoms with E-state index in [1.165, 1.54) is 12.8 Å². The second-order valence-electron chi connectivity index (χ2n) is 4.21. The lowest BCUT2D eigenvalue weighted by atomic mass is 10.2. The van der Waals surface area contributed by atoms with Crippen LogP contribution in [0.1, 0.15) is 24.7 Å². The summed E-state index contributed by atoms with van der Waals surface area (Å²) in [5.74, 6) is 1.99. The first-order chi connectivity index (χ1) is 7.78. The highest BCUT2D eigenvalue weighted by molar-refractivity contribution is 5.71. The number of imidazole rings is 1. The lowest BCUT2D eigenvalue weighted by Crippen LogP contribution is -2.13. The largest absolute Gasteiger partial charge is 0.481 e. The van der Waals surface area contributed by atoms with Gasteiger partial charge in [0.05, 0.1) is 18.7 Å². The number of hydrogen-bond donors (Lipinski definition) is 2. The smallest absolute Gasteiger partial charge is 0.215 e. The molecule has 2 aromatic rings. The van der Waals surface area contributed by atoms with E-state index in [1.807, 2.05) is 12.1 Å². The Bertz CT molecular complexity index is 518. The number of aromatic nitrogens is 3. The van der Waals surface area contributed by atoms with Crippen LogP contribution in [0.3, 0.4) is 0 Å². The molecule has 5 heteroatoms. The van der Waals surface area contributed by atoms with Crippen LogP contribution >= 0.6 is 0 Å². The number of fused-ring (bicyclic) bond motifs is 1. The molecule has 1 unspecified atom stereocenters. The first-order valence-electron chi connectivity index (χ1n) is 5.44. The third-order valence-corrected chi connectivity index (χ3v) is 2.99. The van der Waals surface area contributed by atoms with Crippen LogP contribution in [0, 0.1) is 5.92 Å². The van der Waals surface area contributed by atoms with E-state index >= 15 is 0 Å². The van der Waals surface area contributed by atoms with Crippen LogP contribution in [0.5, 0.6) is 5.88 Å². The molecule has 16 heavy (non-hydrogen) atoms. The zero-order valence-corrected chi connectivity index (χ0v) is 9.10. The van der Waals surface area contributed by atoms with Crippen LogP contribution in [0.2, 0.25) is 0 Å². The number of nitrogens with zero attached hydrogens (tertiary/aromatic N) is 2. The fourth-order valence-electron chi connectivity index (χ4n) is 1.84. The fourth-order valence-corrected chi connectivity index (χ4v) is 1.84. The van der Waals surface area contributed by atoms with Gasteiger partial charge in [0.15, 0.2) is 5.65 Å². The zero-order chi connectivity index (χ0) is 11.1. The molecule has 0 bridgehead atoms. The van der Waals surface area contributed by atoms with Crippen molar-refractivity contribution >= 4 is 11.2 Å². The third-order valence-electron chi connectivity index (χ3n) is 2.99. The summed E-state index contributed by atoms with van der Waals surface area (Å²) in [6.07, 6.45) is 2.41. The highest BCUT2D eigenvalue weighted by Crippen LogP contribution is 2.38.